The first kappa shape index (κ1) is 14.7. The van der Waals surface area contributed by atoms with E-state index < -0.39 is 0 Å². The number of rotatable bonds is 4. The van der Waals surface area contributed by atoms with Crippen LogP contribution in [0.4, 0.5) is 0 Å². The molecule has 22 heavy (non-hydrogen) atoms. The summed E-state index contributed by atoms with van der Waals surface area (Å²) in [6.45, 7) is 6.44. The van der Waals surface area contributed by atoms with Gasteiger partial charge >= 0.3 is 0 Å². The molecule has 1 aliphatic rings. The fourth-order valence-electron chi connectivity index (χ4n) is 2.71. The van der Waals surface area contributed by atoms with E-state index in [4.69, 9.17) is 0 Å². The molecule has 0 aliphatic heterocycles. The van der Waals surface area contributed by atoms with Crippen LogP contribution in [-0.4, -0.2) is 26.8 Å². The molecule has 1 aliphatic carbocycles. The van der Waals surface area contributed by atoms with E-state index in [0.717, 1.165) is 18.5 Å². The van der Waals surface area contributed by atoms with E-state index in [1.165, 1.54) is 11.1 Å². The zero-order valence-corrected chi connectivity index (χ0v) is 13.3. The Morgan fingerprint density at radius 3 is 2.68 bits per heavy atom. The van der Waals surface area contributed by atoms with Crippen LogP contribution in [0.15, 0.2) is 30.5 Å². The highest BCUT2D eigenvalue weighted by Gasteiger charge is 2.33. The molecule has 0 radical (unpaired) electrons. The second kappa shape index (κ2) is 5.87. The first-order valence-electron chi connectivity index (χ1n) is 7.71. The molecule has 1 heterocycles. The predicted molar refractivity (Wildman–Crippen MR) is 85.6 cm³/mol. The standard InChI is InChI=1S/C18H21N3O/c1-12-5-4-6-15(9-12)11-21(16-7-8-16)18(22)17-10-19-14(3)20-13(17)2/h4-6,9-10,16H,7-8,11H2,1-3H3. The Balaban J connectivity index is 1.86. The van der Waals surface area contributed by atoms with Crippen LogP contribution in [0.2, 0.25) is 0 Å². The third kappa shape index (κ3) is 3.16. The highest BCUT2D eigenvalue weighted by molar-refractivity contribution is 5.95. The second-order valence-corrected chi connectivity index (χ2v) is 6.07. The van der Waals surface area contributed by atoms with E-state index in [9.17, 15) is 4.79 Å². The van der Waals surface area contributed by atoms with Crippen LogP contribution in [0, 0.1) is 20.8 Å². The lowest BCUT2D eigenvalue weighted by molar-refractivity contribution is 0.0728. The summed E-state index contributed by atoms with van der Waals surface area (Å²) in [4.78, 5) is 23.4. The average Bonchev–Trinajstić information content (AvgIpc) is 3.29. The summed E-state index contributed by atoms with van der Waals surface area (Å²) < 4.78 is 0. The average molecular weight is 295 g/mol. The van der Waals surface area contributed by atoms with Gasteiger partial charge in [0.1, 0.15) is 5.82 Å². The number of carbonyl (C=O) groups is 1. The van der Waals surface area contributed by atoms with Gasteiger partial charge in [-0.25, -0.2) is 9.97 Å². The Bertz CT molecular complexity index is 707. The number of nitrogens with zero attached hydrogens (tertiary/aromatic N) is 3. The van der Waals surface area contributed by atoms with Crippen molar-refractivity contribution in [3.63, 3.8) is 0 Å². The molecule has 3 rings (SSSR count). The fourth-order valence-corrected chi connectivity index (χ4v) is 2.71. The molecule has 1 aromatic carbocycles. The van der Waals surface area contributed by atoms with Gasteiger partial charge in [0.05, 0.1) is 11.3 Å². The molecule has 1 saturated carbocycles. The Morgan fingerprint density at radius 1 is 1.27 bits per heavy atom. The van der Waals surface area contributed by atoms with Crippen LogP contribution in [-0.2, 0) is 6.54 Å². The summed E-state index contributed by atoms with van der Waals surface area (Å²) in [5.74, 6) is 0.743. The van der Waals surface area contributed by atoms with Crippen LogP contribution in [0.1, 0.15) is 45.8 Å². The summed E-state index contributed by atoms with van der Waals surface area (Å²) >= 11 is 0. The van der Waals surface area contributed by atoms with Gasteiger partial charge < -0.3 is 4.90 Å². The molecular formula is C18H21N3O. The monoisotopic (exact) mass is 295 g/mol. The minimum atomic E-state index is 0.0431. The minimum Gasteiger partial charge on any atom is -0.331 e. The number of hydrogen-bond acceptors (Lipinski definition) is 3. The van der Waals surface area contributed by atoms with Gasteiger partial charge in [-0.05, 0) is 39.2 Å². The first-order chi connectivity index (χ1) is 10.5. The van der Waals surface area contributed by atoms with Gasteiger partial charge in [0.15, 0.2) is 0 Å². The number of carbonyl (C=O) groups excluding carboxylic acids is 1. The van der Waals surface area contributed by atoms with Crippen molar-refractivity contribution in [1.82, 2.24) is 14.9 Å². The predicted octanol–water partition coefficient (Wildman–Crippen LogP) is 3.21. The normalized spacial score (nSPS) is 14.0. The molecule has 2 aromatic rings. The maximum atomic E-state index is 12.9. The molecule has 0 atom stereocenters. The second-order valence-electron chi connectivity index (χ2n) is 6.07. The third-order valence-corrected chi connectivity index (χ3v) is 4.01. The quantitative estimate of drug-likeness (QED) is 0.870. The van der Waals surface area contributed by atoms with E-state index in [2.05, 4.69) is 35.1 Å². The van der Waals surface area contributed by atoms with E-state index >= 15 is 0 Å². The largest absolute Gasteiger partial charge is 0.331 e. The Morgan fingerprint density at radius 2 is 2.05 bits per heavy atom. The summed E-state index contributed by atoms with van der Waals surface area (Å²) in [7, 11) is 0. The molecule has 1 amide bonds. The smallest absolute Gasteiger partial charge is 0.257 e. The van der Waals surface area contributed by atoms with E-state index in [-0.39, 0.29) is 5.91 Å². The zero-order valence-electron chi connectivity index (χ0n) is 13.3. The van der Waals surface area contributed by atoms with Gasteiger partial charge in [0.25, 0.3) is 5.91 Å². The van der Waals surface area contributed by atoms with Gasteiger partial charge in [-0.2, -0.15) is 0 Å². The van der Waals surface area contributed by atoms with Gasteiger partial charge in [-0.15, -0.1) is 0 Å². The lowest BCUT2D eigenvalue weighted by Gasteiger charge is -2.23. The van der Waals surface area contributed by atoms with E-state index in [1.807, 2.05) is 24.8 Å². The van der Waals surface area contributed by atoms with Crippen molar-refractivity contribution < 1.29 is 4.79 Å². The van der Waals surface area contributed by atoms with Crippen molar-refractivity contribution in [2.45, 2.75) is 46.2 Å². The lowest BCUT2D eigenvalue weighted by atomic mass is 10.1. The SMILES string of the molecule is Cc1cccc(CN(C(=O)c2cnc(C)nc2C)C2CC2)c1. The van der Waals surface area contributed by atoms with Crippen LogP contribution in [0.5, 0.6) is 0 Å². The number of amides is 1. The van der Waals surface area contributed by atoms with Gasteiger partial charge in [-0.1, -0.05) is 29.8 Å². The van der Waals surface area contributed by atoms with E-state index in [0.29, 0.717) is 24.0 Å². The highest BCUT2D eigenvalue weighted by atomic mass is 16.2. The molecule has 0 saturated heterocycles. The molecule has 1 fully saturated rings. The topological polar surface area (TPSA) is 46.1 Å². The summed E-state index contributed by atoms with van der Waals surface area (Å²) in [5.41, 5.74) is 3.76. The van der Waals surface area contributed by atoms with Crippen molar-refractivity contribution in [2.24, 2.45) is 0 Å². The maximum Gasteiger partial charge on any atom is 0.257 e. The molecule has 4 heteroatoms. The first-order valence-corrected chi connectivity index (χ1v) is 7.71. The molecule has 4 nitrogen and oxygen atoms in total. The van der Waals surface area contributed by atoms with Crippen molar-refractivity contribution >= 4 is 5.91 Å². The van der Waals surface area contributed by atoms with Gasteiger partial charge in [0.2, 0.25) is 0 Å². The summed E-state index contributed by atoms with van der Waals surface area (Å²) in [5, 5.41) is 0. The number of aromatic nitrogens is 2. The molecule has 0 N–H and O–H groups in total. The van der Waals surface area contributed by atoms with Crippen LogP contribution in [0.3, 0.4) is 0 Å². The van der Waals surface area contributed by atoms with Crippen LogP contribution < -0.4 is 0 Å². The Kier molecular flexibility index (Phi) is 3.92. The molecule has 0 spiro atoms. The van der Waals surface area contributed by atoms with E-state index in [1.54, 1.807) is 6.20 Å². The zero-order chi connectivity index (χ0) is 15.7. The molecular weight excluding hydrogens is 274 g/mol. The number of aryl methyl sites for hydroxylation is 3. The van der Waals surface area contributed by atoms with Crippen LogP contribution in [0.25, 0.3) is 0 Å². The number of hydrogen-bond donors (Lipinski definition) is 0. The van der Waals surface area contributed by atoms with Crippen molar-refractivity contribution in [2.75, 3.05) is 0 Å². The lowest BCUT2D eigenvalue weighted by Crippen LogP contribution is -2.33. The van der Waals surface area contributed by atoms with Crippen LogP contribution >= 0.6 is 0 Å². The van der Waals surface area contributed by atoms with Crippen molar-refractivity contribution in [3.8, 4) is 0 Å². The number of benzene rings is 1. The molecule has 0 unspecified atom stereocenters. The Hall–Kier alpha value is -2.23. The summed E-state index contributed by atoms with van der Waals surface area (Å²) in [6.07, 6.45) is 3.83. The molecule has 114 valence electrons. The molecule has 0 bridgehead atoms. The van der Waals surface area contributed by atoms with Gasteiger partial charge in [-0.3, -0.25) is 4.79 Å². The fraction of sp³-hybridized carbons (Fsp3) is 0.389. The minimum absolute atomic E-state index is 0.0431. The summed E-state index contributed by atoms with van der Waals surface area (Å²) in [6, 6.07) is 8.69. The highest BCUT2D eigenvalue weighted by Crippen LogP contribution is 2.30. The maximum absolute atomic E-state index is 12.9. The van der Waals surface area contributed by atoms with Crippen molar-refractivity contribution in [1.29, 1.82) is 0 Å². The Labute approximate surface area is 131 Å². The van der Waals surface area contributed by atoms with Crippen molar-refractivity contribution in [3.05, 3.63) is 58.7 Å². The molecule has 1 aromatic heterocycles. The third-order valence-electron chi connectivity index (χ3n) is 4.01. The van der Waals surface area contributed by atoms with Gasteiger partial charge in [0, 0.05) is 18.8 Å².